The number of aromatic nitrogens is 1. The minimum absolute atomic E-state index is 0.233. The Balaban J connectivity index is 1.77. The Morgan fingerprint density at radius 3 is 2.80 bits per heavy atom. The molecule has 0 bridgehead atoms. The Morgan fingerprint density at radius 2 is 2.10 bits per heavy atom. The van der Waals surface area contributed by atoms with Gasteiger partial charge in [-0.25, -0.2) is 9.78 Å². The van der Waals surface area contributed by atoms with Gasteiger partial charge in [0.1, 0.15) is 5.52 Å². The van der Waals surface area contributed by atoms with E-state index in [2.05, 4.69) is 21.8 Å². The Bertz CT molecular complexity index is 630. The Hall–Kier alpha value is -1.92. The molecule has 6 nitrogen and oxygen atoms in total. The second-order valence-corrected chi connectivity index (χ2v) is 5.17. The topological polar surface area (TPSA) is 69.8 Å². The van der Waals surface area contributed by atoms with Gasteiger partial charge in [-0.2, -0.15) is 0 Å². The number of likely N-dealkylation sites (N-methyl/N-ethyl adjacent to an activating group) is 1. The average molecular weight is 275 g/mol. The highest BCUT2D eigenvalue weighted by atomic mass is 16.4. The molecule has 1 aromatic heterocycles. The van der Waals surface area contributed by atoms with E-state index in [9.17, 15) is 4.79 Å². The van der Waals surface area contributed by atoms with E-state index in [1.807, 2.05) is 0 Å². The van der Waals surface area contributed by atoms with E-state index < -0.39 is 5.97 Å². The van der Waals surface area contributed by atoms with E-state index in [0.717, 1.165) is 26.2 Å². The van der Waals surface area contributed by atoms with E-state index in [1.54, 1.807) is 12.1 Å². The van der Waals surface area contributed by atoms with Crippen molar-refractivity contribution in [3.05, 3.63) is 29.7 Å². The number of carbonyl (C=O) groups is 1. The van der Waals surface area contributed by atoms with Gasteiger partial charge in [-0.15, -0.1) is 0 Å². The standard InChI is InChI=1S/C14H17N3O3/c1-16-4-6-17(7-5-16)9-13-15-11-8-10(14(18)19)2-3-12(11)20-13/h2-3,8H,4-7,9H2,1H3,(H,18,19). The van der Waals surface area contributed by atoms with Crippen LogP contribution in [0.2, 0.25) is 0 Å². The number of hydrogen-bond acceptors (Lipinski definition) is 5. The van der Waals surface area contributed by atoms with E-state index in [4.69, 9.17) is 9.52 Å². The van der Waals surface area contributed by atoms with Crippen molar-refractivity contribution >= 4 is 17.1 Å². The van der Waals surface area contributed by atoms with Gasteiger partial charge in [-0.3, -0.25) is 4.90 Å². The number of aromatic carboxylic acids is 1. The number of benzene rings is 1. The maximum atomic E-state index is 10.9. The quantitative estimate of drug-likeness (QED) is 0.909. The second-order valence-electron chi connectivity index (χ2n) is 5.17. The Labute approximate surface area is 116 Å². The van der Waals surface area contributed by atoms with Crippen molar-refractivity contribution in [1.82, 2.24) is 14.8 Å². The van der Waals surface area contributed by atoms with Gasteiger partial charge in [0.25, 0.3) is 0 Å². The van der Waals surface area contributed by atoms with E-state index in [1.165, 1.54) is 6.07 Å². The number of rotatable bonds is 3. The molecule has 2 heterocycles. The van der Waals surface area contributed by atoms with Crippen LogP contribution >= 0.6 is 0 Å². The molecule has 0 aliphatic carbocycles. The lowest BCUT2D eigenvalue weighted by Gasteiger charge is -2.31. The average Bonchev–Trinajstić information content (AvgIpc) is 2.82. The predicted octanol–water partition coefficient (Wildman–Crippen LogP) is 1.27. The van der Waals surface area contributed by atoms with Crippen LogP contribution in [0, 0.1) is 0 Å². The van der Waals surface area contributed by atoms with E-state index in [0.29, 0.717) is 23.5 Å². The summed E-state index contributed by atoms with van der Waals surface area (Å²) in [5.74, 6) is -0.303. The number of carboxylic acid groups (broad SMARTS) is 1. The molecule has 3 rings (SSSR count). The van der Waals surface area contributed by atoms with Gasteiger partial charge in [-0.05, 0) is 25.2 Å². The van der Waals surface area contributed by atoms with Crippen molar-refractivity contribution < 1.29 is 14.3 Å². The first-order chi connectivity index (χ1) is 9.61. The lowest BCUT2D eigenvalue weighted by molar-refractivity contribution is 0.0697. The number of piperazine rings is 1. The fourth-order valence-corrected chi connectivity index (χ4v) is 2.37. The van der Waals surface area contributed by atoms with Crippen molar-refractivity contribution in [3.8, 4) is 0 Å². The van der Waals surface area contributed by atoms with Crippen LogP contribution in [0.25, 0.3) is 11.1 Å². The lowest BCUT2D eigenvalue weighted by Crippen LogP contribution is -2.43. The van der Waals surface area contributed by atoms with Gasteiger partial charge in [0.2, 0.25) is 5.89 Å². The summed E-state index contributed by atoms with van der Waals surface area (Å²) in [5.41, 5.74) is 1.48. The molecule has 0 atom stereocenters. The zero-order chi connectivity index (χ0) is 14.1. The fourth-order valence-electron chi connectivity index (χ4n) is 2.37. The van der Waals surface area contributed by atoms with Crippen molar-refractivity contribution in [2.24, 2.45) is 0 Å². The molecule has 1 aromatic carbocycles. The van der Waals surface area contributed by atoms with Gasteiger partial charge in [0, 0.05) is 26.2 Å². The Morgan fingerprint density at radius 1 is 1.35 bits per heavy atom. The SMILES string of the molecule is CN1CCN(Cc2nc3cc(C(=O)O)ccc3o2)CC1. The summed E-state index contributed by atoms with van der Waals surface area (Å²) in [7, 11) is 2.12. The molecule has 0 radical (unpaired) electrons. The Kier molecular flexibility index (Phi) is 3.42. The first-order valence-corrected chi connectivity index (χ1v) is 6.65. The normalized spacial score (nSPS) is 17.6. The van der Waals surface area contributed by atoms with E-state index >= 15 is 0 Å². The summed E-state index contributed by atoms with van der Waals surface area (Å²) in [6.07, 6.45) is 0. The molecular formula is C14H17N3O3. The largest absolute Gasteiger partial charge is 0.478 e. The van der Waals surface area contributed by atoms with Crippen LogP contribution in [-0.4, -0.2) is 59.1 Å². The highest BCUT2D eigenvalue weighted by Crippen LogP contribution is 2.18. The van der Waals surface area contributed by atoms with Crippen LogP contribution in [-0.2, 0) is 6.54 Å². The third kappa shape index (κ3) is 2.66. The van der Waals surface area contributed by atoms with Gasteiger partial charge in [-0.1, -0.05) is 0 Å². The van der Waals surface area contributed by atoms with Crippen molar-refractivity contribution in [1.29, 1.82) is 0 Å². The monoisotopic (exact) mass is 275 g/mol. The number of hydrogen-bond donors (Lipinski definition) is 1. The molecular weight excluding hydrogens is 258 g/mol. The maximum Gasteiger partial charge on any atom is 0.335 e. The highest BCUT2D eigenvalue weighted by molar-refractivity contribution is 5.91. The molecule has 20 heavy (non-hydrogen) atoms. The lowest BCUT2D eigenvalue weighted by atomic mass is 10.2. The second kappa shape index (κ2) is 5.22. The van der Waals surface area contributed by atoms with Gasteiger partial charge < -0.3 is 14.4 Å². The molecule has 0 unspecified atom stereocenters. The third-order valence-corrected chi connectivity index (χ3v) is 3.63. The first kappa shape index (κ1) is 13.1. The molecule has 0 spiro atoms. The van der Waals surface area contributed by atoms with Crippen molar-refractivity contribution in [3.63, 3.8) is 0 Å². The smallest absolute Gasteiger partial charge is 0.335 e. The maximum absolute atomic E-state index is 10.9. The van der Waals surface area contributed by atoms with Gasteiger partial charge >= 0.3 is 5.97 Å². The minimum Gasteiger partial charge on any atom is -0.478 e. The van der Waals surface area contributed by atoms with Gasteiger partial charge in [0.05, 0.1) is 12.1 Å². The van der Waals surface area contributed by atoms with Crippen LogP contribution in [0.5, 0.6) is 0 Å². The molecule has 106 valence electrons. The molecule has 2 aromatic rings. The third-order valence-electron chi connectivity index (χ3n) is 3.63. The molecule has 1 aliphatic rings. The van der Waals surface area contributed by atoms with Gasteiger partial charge in [0.15, 0.2) is 5.58 Å². The number of carboxylic acids is 1. The summed E-state index contributed by atoms with van der Waals surface area (Å²) >= 11 is 0. The molecule has 1 fully saturated rings. The molecule has 0 saturated carbocycles. The minimum atomic E-state index is -0.949. The number of oxazole rings is 1. The molecule has 1 saturated heterocycles. The van der Waals surface area contributed by atoms with Crippen LogP contribution in [0.4, 0.5) is 0 Å². The molecule has 1 N–H and O–H groups in total. The summed E-state index contributed by atoms with van der Waals surface area (Å²) in [5, 5.41) is 8.97. The zero-order valence-electron chi connectivity index (χ0n) is 11.4. The summed E-state index contributed by atoms with van der Waals surface area (Å²) < 4.78 is 5.67. The summed E-state index contributed by atoms with van der Waals surface area (Å²) in [6.45, 7) is 4.75. The van der Waals surface area contributed by atoms with Crippen molar-refractivity contribution in [2.75, 3.05) is 33.2 Å². The van der Waals surface area contributed by atoms with Crippen molar-refractivity contribution in [2.45, 2.75) is 6.54 Å². The number of nitrogens with zero attached hydrogens (tertiary/aromatic N) is 3. The summed E-state index contributed by atoms with van der Waals surface area (Å²) in [6, 6.07) is 4.75. The summed E-state index contributed by atoms with van der Waals surface area (Å²) in [4.78, 5) is 19.9. The zero-order valence-corrected chi connectivity index (χ0v) is 11.4. The van der Waals surface area contributed by atoms with Crippen LogP contribution in [0.3, 0.4) is 0 Å². The molecule has 6 heteroatoms. The number of fused-ring (bicyclic) bond motifs is 1. The fraction of sp³-hybridized carbons (Fsp3) is 0.429. The van der Waals surface area contributed by atoms with E-state index in [-0.39, 0.29) is 5.56 Å². The van der Waals surface area contributed by atoms with Crippen LogP contribution in [0.15, 0.2) is 22.6 Å². The highest BCUT2D eigenvalue weighted by Gasteiger charge is 2.17. The van der Waals surface area contributed by atoms with Crippen LogP contribution in [0.1, 0.15) is 16.2 Å². The predicted molar refractivity (Wildman–Crippen MR) is 73.7 cm³/mol. The molecule has 0 amide bonds. The molecule has 1 aliphatic heterocycles. The van der Waals surface area contributed by atoms with Crippen LogP contribution < -0.4 is 0 Å². The first-order valence-electron chi connectivity index (χ1n) is 6.65.